The van der Waals surface area contributed by atoms with Gasteiger partial charge in [-0.15, -0.1) is 0 Å². The molecular formula is C15H21FN2O2. The molecule has 0 spiro atoms. The maximum Gasteiger partial charge on any atom is 0.126 e. The van der Waals surface area contributed by atoms with E-state index in [1.54, 1.807) is 12.1 Å². The number of nitrogens with two attached hydrogens (primary N) is 1. The normalized spacial score (nSPS) is 28.1. The van der Waals surface area contributed by atoms with E-state index in [-0.39, 0.29) is 18.0 Å². The van der Waals surface area contributed by atoms with Gasteiger partial charge in [-0.05, 0) is 37.8 Å². The average Bonchev–Trinajstić information content (AvgIpc) is 2.42. The van der Waals surface area contributed by atoms with E-state index in [1.165, 1.54) is 25.0 Å². The summed E-state index contributed by atoms with van der Waals surface area (Å²) in [6.45, 7) is 1.80. The Morgan fingerprint density at radius 1 is 1.20 bits per heavy atom. The molecule has 3 rings (SSSR count). The van der Waals surface area contributed by atoms with Crippen molar-refractivity contribution in [3.63, 3.8) is 0 Å². The number of ether oxygens (including phenoxy) is 1. The fourth-order valence-electron chi connectivity index (χ4n) is 3.15. The van der Waals surface area contributed by atoms with Crippen LogP contribution in [0.25, 0.3) is 0 Å². The van der Waals surface area contributed by atoms with Crippen LogP contribution in [0.3, 0.4) is 0 Å². The van der Waals surface area contributed by atoms with Crippen LogP contribution in [0.2, 0.25) is 0 Å². The van der Waals surface area contributed by atoms with Gasteiger partial charge in [0.05, 0.1) is 6.10 Å². The predicted molar refractivity (Wildman–Crippen MR) is 73.7 cm³/mol. The number of hydrogen-bond donors (Lipinski definition) is 1. The molecule has 2 unspecified atom stereocenters. The third kappa shape index (κ3) is 3.11. The van der Waals surface area contributed by atoms with Gasteiger partial charge >= 0.3 is 0 Å². The molecule has 0 bridgehead atoms. The number of hydrogen-bond acceptors (Lipinski definition) is 4. The predicted octanol–water partition coefficient (Wildman–Crippen LogP) is 2.09. The van der Waals surface area contributed by atoms with Crippen LogP contribution in [0.4, 0.5) is 4.39 Å². The largest absolute Gasteiger partial charge is 0.488 e. The van der Waals surface area contributed by atoms with Gasteiger partial charge in [-0.3, -0.25) is 4.90 Å². The van der Waals surface area contributed by atoms with Gasteiger partial charge in [-0.25, -0.2) is 10.3 Å². The summed E-state index contributed by atoms with van der Waals surface area (Å²) in [6.07, 6.45) is 4.78. The maximum atomic E-state index is 13.1. The van der Waals surface area contributed by atoms with Crippen LogP contribution in [-0.2, 0) is 4.84 Å². The first kappa shape index (κ1) is 13.8. The zero-order chi connectivity index (χ0) is 13.9. The minimum absolute atomic E-state index is 0.163. The van der Waals surface area contributed by atoms with Crippen molar-refractivity contribution in [2.45, 2.75) is 43.9 Å². The average molecular weight is 280 g/mol. The standard InChI is InChI=1S/C15H21FN2O2/c16-11-3-1-5-13(7-11)19-15-9-18(10-15)12-4-2-6-14(8-12)20-17/h1,3,5,7,12,14-15H,2,4,6,8-10,17H2. The van der Waals surface area contributed by atoms with Gasteiger partial charge in [0, 0.05) is 25.2 Å². The van der Waals surface area contributed by atoms with Crippen LogP contribution in [0.15, 0.2) is 24.3 Å². The first-order valence-electron chi connectivity index (χ1n) is 7.26. The molecule has 20 heavy (non-hydrogen) atoms. The molecule has 2 N–H and O–H groups in total. The molecule has 1 saturated heterocycles. The third-order valence-corrected chi connectivity index (χ3v) is 4.28. The molecule has 4 nitrogen and oxygen atoms in total. The lowest BCUT2D eigenvalue weighted by Crippen LogP contribution is -2.59. The van der Waals surface area contributed by atoms with Crippen LogP contribution in [0.5, 0.6) is 5.75 Å². The third-order valence-electron chi connectivity index (χ3n) is 4.28. The van der Waals surface area contributed by atoms with Crippen molar-refractivity contribution in [2.75, 3.05) is 13.1 Å². The van der Waals surface area contributed by atoms with Crippen molar-refractivity contribution in [1.29, 1.82) is 0 Å². The molecule has 1 heterocycles. The Kier molecular flexibility index (Phi) is 4.19. The molecule has 1 saturated carbocycles. The molecule has 2 aliphatic rings. The van der Waals surface area contributed by atoms with Crippen molar-refractivity contribution < 1.29 is 14.0 Å². The highest BCUT2D eigenvalue weighted by Gasteiger charge is 2.36. The van der Waals surface area contributed by atoms with E-state index in [0.717, 1.165) is 25.9 Å². The smallest absolute Gasteiger partial charge is 0.126 e. The van der Waals surface area contributed by atoms with Gasteiger partial charge in [0.25, 0.3) is 0 Å². The van der Waals surface area contributed by atoms with Crippen LogP contribution in [0, 0.1) is 5.82 Å². The van der Waals surface area contributed by atoms with Crippen molar-refractivity contribution in [3.05, 3.63) is 30.1 Å². The summed E-state index contributed by atoms with van der Waals surface area (Å²) in [4.78, 5) is 7.39. The highest BCUT2D eigenvalue weighted by molar-refractivity contribution is 5.23. The molecule has 2 atom stereocenters. The number of likely N-dealkylation sites (tertiary alicyclic amines) is 1. The Labute approximate surface area is 118 Å². The van der Waals surface area contributed by atoms with Gasteiger partial charge < -0.3 is 9.57 Å². The topological polar surface area (TPSA) is 47.7 Å². The SMILES string of the molecule is NOC1CCCC(N2CC(Oc3cccc(F)c3)C2)C1. The van der Waals surface area contributed by atoms with E-state index < -0.39 is 0 Å². The molecule has 2 fully saturated rings. The summed E-state index contributed by atoms with van der Waals surface area (Å²) in [5, 5.41) is 0. The van der Waals surface area contributed by atoms with Gasteiger partial charge in [0.1, 0.15) is 17.7 Å². The first-order chi connectivity index (χ1) is 9.74. The summed E-state index contributed by atoms with van der Waals surface area (Å²) >= 11 is 0. The Morgan fingerprint density at radius 3 is 2.80 bits per heavy atom. The Hall–Kier alpha value is -1.17. The van der Waals surface area contributed by atoms with Gasteiger partial charge in [-0.2, -0.15) is 0 Å². The molecule has 110 valence electrons. The van der Waals surface area contributed by atoms with Gasteiger partial charge in [0.15, 0.2) is 0 Å². The highest BCUT2D eigenvalue weighted by Crippen LogP contribution is 2.29. The Bertz CT molecular complexity index is 451. The second kappa shape index (κ2) is 6.08. The zero-order valence-electron chi connectivity index (χ0n) is 11.5. The molecule has 1 aliphatic carbocycles. The number of halogens is 1. The summed E-state index contributed by atoms with van der Waals surface area (Å²) in [6, 6.07) is 6.87. The summed E-state index contributed by atoms with van der Waals surface area (Å²) in [5.41, 5.74) is 0. The fourth-order valence-corrected chi connectivity index (χ4v) is 3.15. The van der Waals surface area contributed by atoms with Crippen LogP contribution in [0.1, 0.15) is 25.7 Å². The summed E-state index contributed by atoms with van der Waals surface area (Å²) < 4.78 is 18.8. The van der Waals surface area contributed by atoms with E-state index in [4.69, 9.17) is 15.5 Å². The lowest BCUT2D eigenvalue weighted by atomic mass is 9.89. The minimum Gasteiger partial charge on any atom is -0.488 e. The van der Waals surface area contributed by atoms with E-state index >= 15 is 0 Å². The van der Waals surface area contributed by atoms with Crippen molar-refractivity contribution >= 4 is 0 Å². The van der Waals surface area contributed by atoms with E-state index in [1.807, 2.05) is 0 Å². The molecule has 1 aromatic rings. The lowest BCUT2D eigenvalue weighted by Gasteiger charge is -2.46. The van der Waals surface area contributed by atoms with E-state index in [9.17, 15) is 4.39 Å². The Balaban J connectivity index is 1.46. The summed E-state index contributed by atoms with van der Waals surface area (Å²) in [5.74, 6) is 5.65. The molecule has 0 aromatic heterocycles. The Morgan fingerprint density at radius 2 is 2.05 bits per heavy atom. The van der Waals surface area contributed by atoms with Crippen molar-refractivity contribution in [1.82, 2.24) is 4.90 Å². The van der Waals surface area contributed by atoms with Crippen LogP contribution < -0.4 is 10.6 Å². The molecule has 1 aliphatic heterocycles. The quantitative estimate of drug-likeness (QED) is 0.858. The van der Waals surface area contributed by atoms with E-state index in [2.05, 4.69) is 4.90 Å². The second-order valence-electron chi connectivity index (χ2n) is 5.73. The zero-order valence-corrected chi connectivity index (χ0v) is 11.5. The maximum absolute atomic E-state index is 13.1. The van der Waals surface area contributed by atoms with Crippen LogP contribution >= 0.6 is 0 Å². The van der Waals surface area contributed by atoms with E-state index in [0.29, 0.717) is 11.8 Å². The molecule has 0 radical (unpaired) electrons. The monoisotopic (exact) mass is 280 g/mol. The molecule has 5 heteroatoms. The van der Waals surface area contributed by atoms with Gasteiger partial charge in [0.2, 0.25) is 0 Å². The van der Waals surface area contributed by atoms with Crippen molar-refractivity contribution in [2.24, 2.45) is 5.90 Å². The number of nitrogens with zero attached hydrogens (tertiary/aromatic N) is 1. The minimum atomic E-state index is -0.256. The number of rotatable bonds is 4. The lowest BCUT2D eigenvalue weighted by molar-refractivity contribution is -0.0531. The molecular weight excluding hydrogens is 259 g/mol. The number of benzene rings is 1. The molecule has 0 amide bonds. The second-order valence-corrected chi connectivity index (χ2v) is 5.73. The molecule has 1 aromatic carbocycles. The van der Waals surface area contributed by atoms with Crippen molar-refractivity contribution in [3.8, 4) is 5.75 Å². The summed E-state index contributed by atoms with van der Waals surface area (Å²) in [7, 11) is 0. The highest BCUT2D eigenvalue weighted by atomic mass is 19.1. The van der Waals surface area contributed by atoms with Crippen LogP contribution in [-0.4, -0.2) is 36.2 Å². The fraction of sp³-hybridized carbons (Fsp3) is 0.600. The first-order valence-corrected chi connectivity index (χ1v) is 7.26. The van der Waals surface area contributed by atoms with Gasteiger partial charge in [-0.1, -0.05) is 6.07 Å².